The molecule has 2 aromatic rings. The van der Waals surface area contributed by atoms with E-state index in [4.69, 9.17) is 9.47 Å². The second-order valence-electron chi connectivity index (χ2n) is 5.04. The topological polar surface area (TPSA) is 88.7 Å². The molecule has 0 fully saturated rings. The minimum Gasteiger partial charge on any atom is -0.491 e. The van der Waals surface area contributed by atoms with E-state index >= 15 is 0 Å². The number of rotatable bonds is 8. The number of carbonyl (C=O) groups is 2. The molecule has 3 N–H and O–H groups in total. The number of hydrogen-bond donors (Lipinski definition) is 3. The Kier molecular flexibility index (Phi) is 7.27. The van der Waals surface area contributed by atoms with Gasteiger partial charge in [0.2, 0.25) is 5.91 Å². The smallest absolute Gasteiger partial charge is 0.318 e. The van der Waals surface area contributed by atoms with Crippen LogP contribution in [-0.4, -0.2) is 38.8 Å². The Hall–Kier alpha value is -3.06. The molecule has 0 aliphatic carbocycles. The number of hydrogen-bond acceptors (Lipinski definition) is 4. The standard InChI is InChI=1S/C18H21N3O4/c1-19-18(23)21-15-9-7-14(8-10-15)20-17(22)13-24-11-12-25-16-5-3-2-4-6-16/h2-10H,11-13H2,1H3,(H,20,22)(H2,19,21,23). The molecular formula is C18H21N3O4. The average Bonchev–Trinajstić information content (AvgIpc) is 2.64. The third kappa shape index (κ3) is 6.92. The van der Waals surface area contributed by atoms with E-state index < -0.39 is 0 Å². The van der Waals surface area contributed by atoms with Crippen LogP contribution in [0.15, 0.2) is 54.6 Å². The van der Waals surface area contributed by atoms with E-state index in [0.717, 1.165) is 5.75 Å². The molecule has 132 valence electrons. The monoisotopic (exact) mass is 343 g/mol. The molecule has 2 aromatic carbocycles. The Labute approximate surface area is 146 Å². The number of amides is 3. The number of para-hydroxylation sites is 1. The summed E-state index contributed by atoms with van der Waals surface area (Å²) in [6, 6.07) is 15.9. The fraction of sp³-hybridized carbons (Fsp3) is 0.222. The third-order valence-corrected chi connectivity index (χ3v) is 3.13. The number of urea groups is 1. The van der Waals surface area contributed by atoms with Gasteiger partial charge in [-0.1, -0.05) is 18.2 Å². The number of anilines is 2. The predicted molar refractivity (Wildman–Crippen MR) is 95.9 cm³/mol. The maximum Gasteiger partial charge on any atom is 0.318 e. The van der Waals surface area contributed by atoms with Crippen molar-refractivity contribution in [3.63, 3.8) is 0 Å². The molecule has 0 saturated carbocycles. The minimum atomic E-state index is -0.303. The normalized spacial score (nSPS) is 9.96. The van der Waals surface area contributed by atoms with Gasteiger partial charge in [0.1, 0.15) is 19.0 Å². The van der Waals surface area contributed by atoms with Crippen LogP contribution in [0.25, 0.3) is 0 Å². The van der Waals surface area contributed by atoms with Crippen molar-refractivity contribution in [2.45, 2.75) is 0 Å². The van der Waals surface area contributed by atoms with Crippen molar-refractivity contribution < 1.29 is 19.1 Å². The van der Waals surface area contributed by atoms with Gasteiger partial charge in [-0.3, -0.25) is 4.79 Å². The van der Waals surface area contributed by atoms with Gasteiger partial charge in [-0.25, -0.2) is 4.79 Å². The molecule has 0 atom stereocenters. The largest absolute Gasteiger partial charge is 0.491 e. The Morgan fingerprint density at radius 2 is 1.52 bits per heavy atom. The molecular weight excluding hydrogens is 322 g/mol. The molecule has 0 radical (unpaired) electrons. The first-order valence-electron chi connectivity index (χ1n) is 7.81. The molecule has 2 rings (SSSR count). The lowest BCUT2D eigenvalue weighted by molar-refractivity contribution is -0.120. The zero-order valence-corrected chi connectivity index (χ0v) is 14.0. The molecule has 0 heterocycles. The summed E-state index contributed by atoms with van der Waals surface area (Å²) in [6.45, 7) is 0.630. The van der Waals surface area contributed by atoms with Gasteiger partial charge in [-0.2, -0.15) is 0 Å². The van der Waals surface area contributed by atoms with Gasteiger partial charge in [0.25, 0.3) is 0 Å². The number of nitrogens with one attached hydrogen (secondary N) is 3. The molecule has 0 aliphatic heterocycles. The Morgan fingerprint density at radius 3 is 2.16 bits per heavy atom. The summed E-state index contributed by atoms with van der Waals surface area (Å²) < 4.78 is 10.7. The predicted octanol–water partition coefficient (Wildman–Crippen LogP) is 2.47. The van der Waals surface area contributed by atoms with Crippen LogP contribution in [0.2, 0.25) is 0 Å². The summed E-state index contributed by atoms with van der Waals surface area (Å²) >= 11 is 0. The van der Waals surface area contributed by atoms with Crippen molar-refractivity contribution in [3.05, 3.63) is 54.6 Å². The third-order valence-electron chi connectivity index (χ3n) is 3.13. The molecule has 3 amide bonds. The van der Waals surface area contributed by atoms with Crippen LogP contribution in [0.4, 0.5) is 16.2 Å². The molecule has 0 saturated heterocycles. The van der Waals surface area contributed by atoms with E-state index in [1.54, 1.807) is 24.3 Å². The van der Waals surface area contributed by atoms with Gasteiger partial charge in [-0.05, 0) is 36.4 Å². The SMILES string of the molecule is CNC(=O)Nc1ccc(NC(=O)COCCOc2ccccc2)cc1. The Balaban J connectivity index is 1.63. The van der Waals surface area contributed by atoms with Gasteiger partial charge in [-0.15, -0.1) is 0 Å². The van der Waals surface area contributed by atoms with E-state index in [0.29, 0.717) is 24.6 Å². The van der Waals surface area contributed by atoms with Crippen molar-refractivity contribution in [1.29, 1.82) is 0 Å². The first-order chi connectivity index (χ1) is 12.2. The summed E-state index contributed by atoms with van der Waals surface area (Å²) in [7, 11) is 1.54. The maximum absolute atomic E-state index is 11.8. The van der Waals surface area contributed by atoms with Crippen LogP contribution in [-0.2, 0) is 9.53 Å². The molecule has 25 heavy (non-hydrogen) atoms. The highest BCUT2D eigenvalue weighted by Crippen LogP contribution is 2.13. The van der Waals surface area contributed by atoms with Crippen molar-refractivity contribution in [3.8, 4) is 5.75 Å². The fourth-order valence-electron chi connectivity index (χ4n) is 1.93. The van der Waals surface area contributed by atoms with Gasteiger partial charge >= 0.3 is 6.03 Å². The van der Waals surface area contributed by atoms with E-state index in [-0.39, 0.29) is 18.5 Å². The van der Waals surface area contributed by atoms with Gasteiger partial charge in [0, 0.05) is 18.4 Å². The summed E-state index contributed by atoms with van der Waals surface area (Å²) in [6.07, 6.45) is 0. The highest BCUT2D eigenvalue weighted by molar-refractivity contribution is 5.92. The molecule has 0 bridgehead atoms. The summed E-state index contributed by atoms with van der Waals surface area (Å²) in [4.78, 5) is 23.0. The fourth-order valence-corrected chi connectivity index (χ4v) is 1.93. The second kappa shape index (κ2) is 9.94. The summed E-state index contributed by atoms with van der Waals surface area (Å²) in [5.74, 6) is 0.507. The molecule has 0 aromatic heterocycles. The van der Waals surface area contributed by atoms with Crippen LogP contribution in [0.5, 0.6) is 5.75 Å². The zero-order valence-electron chi connectivity index (χ0n) is 14.0. The quantitative estimate of drug-likeness (QED) is 0.643. The van der Waals surface area contributed by atoms with Crippen LogP contribution in [0.1, 0.15) is 0 Å². The van der Waals surface area contributed by atoms with E-state index in [9.17, 15) is 9.59 Å². The zero-order chi connectivity index (χ0) is 17.9. The highest BCUT2D eigenvalue weighted by atomic mass is 16.5. The van der Waals surface area contributed by atoms with Crippen molar-refractivity contribution in [2.75, 3.05) is 37.5 Å². The highest BCUT2D eigenvalue weighted by Gasteiger charge is 2.04. The van der Waals surface area contributed by atoms with Crippen LogP contribution < -0.4 is 20.7 Å². The lowest BCUT2D eigenvalue weighted by atomic mass is 10.3. The Bertz CT molecular complexity index is 674. The molecule has 0 unspecified atom stereocenters. The summed E-state index contributed by atoms with van der Waals surface area (Å²) in [5, 5.41) is 7.80. The van der Waals surface area contributed by atoms with Crippen molar-refractivity contribution in [1.82, 2.24) is 5.32 Å². The van der Waals surface area contributed by atoms with Crippen molar-refractivity contribution >= 4 is 23.3 Å². The minimum absolute atomic E-state index is 0.0591. The van der Waals surface area contributed by atoms with E-state index in [2.05, 4.69) is 16.0 Å². The molecule has 0 spiro atoms. The number of benzene rings is 2. The lowest BCUT2D eigenvalue weighted by Crippen LogP contribution is -2.24. The van der Waals surface area contributed by atoms with E-state index in [1.165, 1.54) is 7.05 Å². The van der Waals surface area contributed by atoms with Crippen LogP contribution in [0, 0.1) is 0 Å². The van der Waals surface area contributed by atoms with Gasteiger partial charge in [0.15, 0.2) is 0 Å². The van der Waals surface area contributed by atoms with E-state index in [1.807, 2.05) is 30.3 Å². The van der Waals surface area contributed by atoms with Gasteiger partial charge in [0.05, 0.1) is 6.61 Å². The maximum atomic E-state index is 11.8. The molecule has 7 heteroatoms. The second-order valence-corrected chi connectivity index (χ2v) is 5.04. The Morgan fingerprint density at radius 1 is 0.880 bits per heavy atom. The van der Waals surface area contributed by atoms with Crippen LogP contribution >= 0.6 is 0 Å². The number of ether oxygens (including phenoxy) is 2. The first-order valence-corrected chi connectivity index (χ1v) is 7.81. The molecule has 7 nitrogen and oxygen atoms in total. The summed E-state index contributed by atoms with van der Waals surface area (Å²) in [5.41, 5.74) is 1.25. The lowest BCUT2D eigenvalue weighted by Gasteiger charge is -2.09. The van der Waals surface area contributed by atoms with Crippen molar-refractivity contribution in [2.24, 2.45) is 0 Å². The number of carbonyl (C=O) groups excluding carboxylic acids is 2. The van der Waals surface area contributed by atoms with Crippen LogP contribution in [0.3, 0.4) is 0 Å². The average molecular weight is 343 g/mol. The first kappa shape index (κ1) is 18.3. The van der Waals surface area contributed by atoms with Gasteiger partial charge < -0.3 is 25.4 Å². The molecule has 0 aliphatic rings.